The number of nitrogens with zero attached hydrogens (tertiary/aromatic N) is 5. The Morgan fingerprint density at radius 3 is 2.72 bits per heavy atom. The summed E-state index contributed by atoms with van der Waals surface area (Å²) in [6, 6.07) is 11.5. The second-order valence-corrected chi connectivity index (χ2v) is 11.6. The van der Waals surface area contributed by atoms with Crippen LogP contribution in [0.25, 0.3) is 32.9 Å². The molecule has 2 aromatic heterocycles. The van der Waals surface area contributed by atoms with Crippen molar-refractivity contribution in [2.45, 2.75) is 37.3 Å². The summed E-state index contributed by atoms with van der Waals surface area (Å²) in [5.74, 6) is 0.506. The zero-order valence-corrected chi connectivity index (χ0v) is 24.3. The van der Waals surface area contributed by atoms with Gasteiger partial charge in [-0.2, -0.15) is 9.97 Å². The van der Waals surface area contributed by atoms with Crippen LogP contribution >= 0.6 is 0 Å². The maximum atomic E-state index is 16.7. The van der Waals surface area contributed by atoms with E-state index in [0.29, 0.717) is 48.8 Å². The van der Waals surface area contributed by atoms with Crippen LogP contribution in [0.15, 0.2) is 42.6 Å². The van der Waals surface area contributed by atoms with Gasteiger partial charge in [-0.3, -0.25) is 9.88 Å². The van der Waals surface area contributed by atoms with Crippen molar-refractivity contribution in [1.82, 2.24) is 19.9 Å². The minimum atomic E-state index is -0.562. The van der Waals surface area contributed by atoms with Crippen molar-refractivity contribution in [2.75, 3.05) is 64.8 Å². The SMILES string of the molecule is COCOc1cc(-c2ncc3c(N4CCOC(CO)C4)nc(OCC45CCCN4CCC5)nc3c2F)c2ccccc2c1. The summed E-state index contributed by atoms with van der Waals surface area (Å²) in [6.45, 7) is 3.92. The van der Waals surface area contributed by atoms with Crippen LogP contribution in [0.1, 0.15) is 25.7 Å². The van der Waals surface area contributed by atoms with E-state index in [2.05, 4.69) is 14.9 Å². The first kappa shape index (κ1) is 28.1. The van der Waals surface area contributed by atoms with E-state index in [9.17, 15) is 5.11 Å². The van der Waals surface area contributed by atoms with Gasteiger partial charge in [-0.1, -0.05) is 24.3 Å². The van der Waals surface area contributed by atoms with Crippen LogP contribution in [0.5, 0.6) is 11.8 Å². The number of halogens is 1. The van der Waals surface area contributed by atoms with Crippen LogP contribution in [-0.2, 0) is 9.47 Å². The van der Waals surface area contributed by atoms with Gasteiger partial charge in [0.05, 0.1) is 30.2 Å². The van der Waals surface area contributed by atoms with Crippen LogP contribution in [0.3, 0.4) is 0 Å². The summed E-state index contributed by atoms with van der Waals surface area (Å²) >= 11 is 0. The summed E-state index contributed by atoms with van der Waals surface area (Å²) < 4.78 is 39.6. The fourth-order valence-electron chi connectivity index (χ4n) is 6.89. The first-order valence-electron chi connectivity index (χ1n) is 14.9. The maximum absolute atomic E-state index is 16.7. The average Bonchev–Trinajstić information content (AvgIpc) is 3.63. The molecule has 2 aromatic carbocycles. The number of pyridine rings is 1. The fraction of sp³-hybridized carbons (Fsp3) is 0.469. The van der Waals surface area contributed by atoms with Crippen molar-refractivity contribution in [2.24, 2.45) is 0 Å². The number of hydrogen-bond donors (Lipinski definition) is 1. The zero-order chi connectivity index (χ0) is 29.4. The Bertz CT molecular complexity index is 1630. The molecule has 3 fully saturated rings. The quantitative estimate of drug-likeness (QED) is 0.286. The Kier molecular flexibility index (Phi) is 7.72. The molecule has 10 nitrogen and oxygen atoms in total. The molecular weight excluding hydrogens is 553 g/mol. The monoisotopic (exact) mass is 589 g/mol. The predicted molar refractivity (Wildman–Crippen MR) is 160 cm³/mol. The van der Waals surface area contributed by atoms with Crippen LogP contribution in [-0.4, -0.2) is 96.5 Å². The molecule has 0 bridgehead atoms. The maximum Gasteiger partial charge on any atom is 0.319 e. The summed E-state index contributed by atoms with van der Waals surface area (Å²) in [4.78, 5) is 18.6. The van der Waals surface area contributed by atoms with Gasteiger partial charge in [0.2, 0.25) is 0 Å². The van der Waals surface area contributed by atoms with Crippen LogP contribution in [0.2, 0.25) is 0 Å². The molecule has 4 aromatic rings. The molecule has 11 heteroatoms. The van der Waals surface area contributed by atoms with Gasteiger partial charge in [0.1, 0.15) is 29.4 Å². The van der Waals surface area contributed by atoms with Crippen molar-refractivity contribution in [3.8, 4) is 23.0 Å². The summed E-state index contributed by atoms with van der Waals surface area (Å²) in [5.41, 5.74) is 0.873. The number of benzene rings is 2. The Hall–Kier alpha value is -3.64. The second-order valence-electron chi connectivity index (χ2n) is 11.6. The standard InChI is InChI=1S/C32H36FN5O5/c1-40-20-43-22-14-21-6-2-3-7-24(21)25(15-22)28-27(33)29-26(16-34-28)30(37-12-13-41-23(17-37)18-39)36-31(35-29)42-19-32-8-4-10-38(32)11-5-9-32/h2-3,6-7,14-16,23,39H,4-5,8-13,17-20H2,1H3. The molecule has 43 heavy (non-hydrogen) atoms. The van der Waals surface area contributed by atoms with Crippen molar-refractivity contribution >= 4 is 27.5 Å². The highest BCUT2D eigenvalue weighted by Gasteiger charge is 2.45. The van der Waals surface area contributed by atoms with E-state index in [1.54, 1.807) is 19.4 Å². The van der Waals surface area contributed by atoms with E-state index < -0.39 is 5.82 Å². The Balaban J connectivity index is 1.34. The van der Waals surface area contributed by atoms with Crippen LogP contribution in [0.4, 0.5) is 10.2 Å². The molecule has 1 unspecified atom stereocenters. The number of hydrogen-bond acceptors (Lipinski definition) is 10. The van der Waals surface area contributed by atoms with Gasteiger partial charge in [0, 0.05) is 32.0 Å². The lowest BCUT2D eigenvalue weighted by Crippen LogP contribution is -2.45. The molecular formula is C32H36FN5O5. The van der Waals surface area contributed by atoms with Crippen molar-refractivity contribution in [3.05, 3.63) is 48.4 Å². The molecule has 7 rings (SSSR count). The Morgan fingerprint density at radius 2 is 1.91 bits per heavy atom. The number of aliphatic hydroxyl groups excluding tert-OH is 1. The fourth-order valence-corrected chi connectivity index (χ4v) is 6.89. The molecule has 0 spiro atoms. The minimum absolute atomic E-state index is 0.0110. The molecule has 3 aliphatic heterocycles. The molecule has 0 radical (unpaired) electrons. The van der Waals surface area contributed by atoms with E-state index >= 15 is 4.39 Å². The lowest BCUT2D eigenvalue weighted by Gasteiger charge is -2.34. The molecule has 3 aliphatic rings. The number of anilines is 1. The molecule has 5 heterocycles. The molecule has 0 saturated carbocycles. The molecule has 226 valence electrons. The van der Waals surface area contributed by atoms with Gasteiger partial charge in [-0.15, -0.1) is 0 Å². The number of methoxy groups -OCH3 is 1. The zero-order valence-electron chi connectivity index (χ0n) is 24.3. The number of morpholine rings is 1. The second kappa shape index (κ2) is 11.8. The molecule has 0 aliphatic carbocycles. The molecule has 1 atom stereocenters. The topological polar surface area (TPSA) is 102 Å². The Morgan fingerprint density at radius 1 is 1.07 bits per heavy atom. The largest absolute Gasteiger partial charge is 0.468 e. The van der Waals surface area contributed by atoms with E-state index in [4.69, 9.17) is 23.9 Å². The van der Waals surface area contributed by atoms with Gasteiger partial charge in [0.15, 0.2) is 12.6 Å². The lowest BCUT2D eigenvalue weighted by atomic mass is 9.95. The third-order valence-electron chi connectivity index (χ3n) is 9.00. The summed E-state index contributed by atoms with van der Waals surface area (Å²) in [5, 5.41) is 12.0. The number of fused-ring (bicyclic) bond motifs is 3. The van der Waals surface area contributed by atoms with Gasteiger partial charge in [-0.25, -0.2) is 4.39 Å². The highest BCUT2D eigenvalue weighted by Crippen LogP contribution is 2.40. The van der Waals surface area contributed by atoms with Gasteiger partial charge >= 0.3 is 6.01 Å². The van der Waals surface area contributed by atoms with Crippen molar-refractivity contribution in [1.29, 1.82) is 0 Å². The van der Waals surface area contributed by atoms with Gasteiger partial charge in [0.25, 0.3) is 0 Å². The lowest BCUT2D eigenvalue weighted by molar-refractivity contribution is 0.00339. The van der Waals surface area contributed by atoms with Gasteiger partial charge < -0.3 is 29.0 Å². The van der Waals surface area contributed by atoms with E-state index in [1.807, 2.05) is 35.2 Å². The average molecular weight is 590 g/mol. The number of aliphatic hydroxyl groups is 1. The first-order chi connectivity index (χ1) is 21.1. The third kappa shape index (κ3) is 5.24. The smallest absolute Gasteiger partial charge is 0.319 e. The molecule has 1 N–H and O–H groups in total. The van der Waals surface area contributed by atoms with Crippen molar-refractivity contribution in [3.63, 3.8) is 0 Å². The van der Waals surface area contributed by atoms with Crippen molar-refractivity contribution < 1.29 is 28.4 Å². The van der Waals surface area contributed by atoms with Crippen LogP contribution < -0.4 is 14.4 Å². The third-order valence-corrected chi connectivity index (χ3v) is 9.00. The van der Waals surface area contributed by atoms with E-state index in [-0.39, 0.29) is 42.3 Å². The highest BCUT2D eigenvalue weighted by molar-refractivity contribution is 6.00. The van der Waals surface area contributed by atoms with Gasteiger partial charge in [-0.05, 0) is 61.7 Å². The predicted octanol–water partition coefficient (Wildman–Crippen LogP) is 4.17. The van der Waals surface area contributed by atoms with Crippen LogP contribution in [0, 0.1) is 5.82 Å². The summed E-state index contributed by atoms with van der Waals surface area (Å²) in [6.07, 6.45) is 5.70. The Labute approximate surface area is 249 Å². The molecule has 0 amide bonds. The summed E-state index contributed by atoms with van der Waals surface area (Å²) in [7, 11) is 1.55. The van der Waals surface area contributed by atoms with E-state index in [0.717, 1.165) is 49.5 Å². The molecule has 3 saturated heterocycles. The number of rotatable bonds is 9. The highest BCUT2D eigenvalue weighted by atomic mass is 19.1. The number of aromatic nitrogens is 3. The first-order valence-corrected chi connectivity index (χ1v) is 14.9. The number of ether oxygens (including phenoxy) is 4. The van der Waals surface area contributed by atoms with E-state index in [1.165, 1.54) is 0 Å². The minimum Gasteiger partial charge on any atom is -0.468 e. The normalized spacial score (nSPS) is 20.2.